The molecule has 2 nitrogen and oxygen atoms in total. The van der Waals surface area contributed by atoms with Crippen molar-refractivity contribution in [3.8, 4) is 5.75 Å². The topological polar surface area (TPSA) is 18.5 Å². The standard InChI is InChI=1S/C24H42O2/c1-9-24(10-2,11-3)17-23(25-19(6)7)26-22-14-12-21(13-15-22)20(8)16-18(4)5/h12-15,18-20,23H,9-11,16-17H2,1-8H3. The van der Waals surface area contributed by atoms with Gasteiger partial charge in [0, 0.05) is 6.42 Å². The van der Waals surface area contributed by atoms with Crippen LogP contribution in [0.3, 0.4) is 0 Å². The Bertz CT molecular complexity index is 477. The number of hydrogen-bond acceptors (Lipinski definition) is 2. The molecule has 26 heavy (non-hydrogen) atoms. The maximum absolute atomic E-state index is 6.28. The maximum Gasteiger partial charge on any atom is 0.200 e. The van der Waals surface area contributed by atoms with Crippen LogP contribution in [0.2, 0.25) is 0 Å². The lowest BCUT2D eigenvalue weighted by Gasteiger charge is -2.35. The summed E-state index contributed by atoms with van der Waals surface area (Å²) in [4.78, 5) is 0. The van der Waals surface area contributed by atoms with Gasteiger partial charge in [0.1, 0.15) is 5.75 Å². The van der Waals surface area contributed by atoms with E-state index in [9.17, 15) is 0 Å². The Kier molecular flexibility index (Phi) is 9.71. The Labute approximate surface area is 162 Å². The molecule has 150 valence electrons. The van der Waals surface area contributed by atoms with E-state index in [-0.39, 0.29) is 12.4 Å². The molecule has 0 fully saturated rings. The lowest BCUT2D eigenvalue weighted by Crippen LogP contribution is -2.32. The largest absolute Gasteiger partial charge is 0.465 e. The first kappa shape index (κ1) is 23.0. The van der Waals surface area contributed by atoms with Gasteiger partial charge in [0.15, 0.2) is 0 Å². The molecule has 1 rings (SSSR count). The van der Waals surface area contributed by atoms with E-state index < -0.39 is 0 Å². The van der Waals surface area contributed by atoms with E-state index in [1.54, 1.807) is 0 Å². The van der Waals surface area contributed by atoms with Crippen LogP contribution < -0.4 is 4.74 Å². The molecule has 0 heterocycles. The van der Waals surface area contributed by atoms with Crippen LogP contribution in [0.4, 0.5) is 0 Å². The Morgan fingerprint density at radius 1 is 0.846 bits per heavy atom. The number of hydrogen-bond donors (Lipinski definition) is 0. The average Bonchev–Trinajstić information content (AvgIpc) is 2.59. The van der Waals surface area contributed by atoms with E-state index in [1.807, 2.05) is 0 Å². The predicted octanol–water partition coefficient (Wildman–Crippen LogP) is 7.57. The Hall–Kier alpha value is -1.02. The highest BCUT2D eigenvalue weighted by atomic mass is 16.7. The summed E-state index contributed by atoms with van der Waals surface area (Å²) in [6.45, 7) is 17.9. The van der Waals surface area contributed by atoms with E-state index in [0.29, 0.717) is 11.3 Å². The van der Waals surface area contributed by atoms with E-state index in [1.165, 1.54) is 12.0 Å². The molecule has 0 aliphatic heterocycles. The van der Waals surface area contributed by atoms with Gasteiger partial charge in [-0.3, -0.25) is 0 Å². The highest BCUT2D eigenvalue weighted by Gasteiger charge is 2.30. The van der Waals surface area contributed by atoms with Gasteiger partial charge >= 0.3 is 0 Å². The third kappa shape index (κ3) is 7.31. The van der Waals surface area contributed by atoms with E-state index in [4.69, 9.17) is 9.47 Å². The van der Waals surface area contributed by atoms with Crippen LogP contribution >= 0.6 is 0 Å². The quantitative estimate of drug-likeness (QED) is 0.357. The van der Waals surface area contributed by atoms with Crippen molar-refractivity contribution in [2.75, 3.05) is 0 Å². The highest BCUT2D eigenvalue weighted by Crippen LogP contribution is 2.37. The molecule has 0 saturated heterocycles. The van der Waals surface area contributed by atoms with Gasteiger partial charge in [-0.2, -0.15) is 0 Å². The molecular formula is C24H42O2. The first-order chi connectivity index (χ1) is 12.2. The summed E-state index contributed by atoms with van der Waals surface area (Å²) in [6.07, 6.45) is 5.61. The van der Waals surface area contributed by atoms with Gasteiger partial charge in [0.2, 0.25) is 6.29 Å². The molecule has 0 saturated carbocycles. The van der Waals surface area contributed by atoms with Gasteiger partial charge in [-0.25, -0.2) is 0 Å². The molecule has 0 amide bonds. The van der Waals surface area contributed by atoms with Crippen molar-refractivity contribution in [1.82, 2.24) is 0 Å². The zero-order valence-corrected chi connectivity index (χ0v) is 18.5. The zero-order valence-electron chi connectivity index (χ0n) is 18.5. The van der Waals surface area contributed by atoms with Gasteiger partial charge < -0.3 is 9.47 Å². The molecule has 0 aromatic heterocycles. The normalized spacial score (nSPS) is 14.7. The smallest absolute Gasteiger partial charge is 0.200 e. The third-order valence-corrected chi connectivity index (χ3v) is 5.82. The molecule has 2 heteroatoms. The van der Waals surface area contributed by atoms with Crippen molar-refractivity contribution >= 4 is 0 Å². The maximum atomic E-state index is 6.28. The monoisotopic (exact) mass is 362 g/mol. The minimum atomic E-state index is -0.186. The first-order valence-corrected chi connectivity index (χ1v) is 10.7. The molecular weight excluding hydrogens is 320 g/mol. The van der Waals surface area contributed by atoms with Crippen molar-refractivity contribution in [3.05, 3.63) is 29.8 Å². The van der Waals surface area contributed by atoms with Crippen LogP contribution in [-0.4, -0.2) is 12.4 Å². The molecule has 0 aliphatic rings. The summed E-state index contributed by atoms with van der Waals surface area (Å²) in [5, 5.41) is 0. The van der Waals surface area contributed by atoms with E-state index >= 15 is 0 Å². The molecule has 2 unspecified atom stereocenters. The second kappa shape index (κ2) is 11.0. The number of ether oxygens (including phenoxy) is 2. The molecule has 2 atom stereocenters. The van der Waals surface area contributed by atoms with Crippen molar-refractivity contribution in [3.63, 3.8) is 0 Å². The van der Waals surface area contributed by atoms with Crippen LogP contribution in [0, 0.1) is 11.3 Å². The molecule has 0 spiro atoms. The molecule has 0 bridgehead atoms. The van der Waals surface area contributed by atoms with Crippen LogP contribution in [-0.2, 0) is 4.74 Å². The van der Waals surface area contributed by atoms with Crippen LogP contribution in [0.25, 0.3) is 0 Å². The minimum absolute atomic E-state index is 0.161. The van der Waals surface area contributed by atoms with Gasteiger partial charge in [0.05, 0.1) is 6.10 Å². The van der Waals surface area contributed by atoms with Crippen LogP contribution in [0.5, 0.6) is 5.75 Å². The number of rotatable bonds is 12. The summed E-state index contributed by atoms with van der Waals surface area (Å²) in [5.41, 5.74) is 1.68. The lowest BCUT2D eigenvalue weighted by molar-refractivity contribution is -0.131. The molecule has 0 N–H and O–H groups in total. The van der Waals surface area contributed by atoms with Crippen LogP contribution in [0.15, 0.2) is 24.3 Å². The second-order valence-electron chi connectivity index (χ2n) is 8.60. The van der Waals surface area contributed by atoms with Gasteiger partial charge in [-0.15, -0.1) is 0 Å². The highest BCUT2D eigenvalue weighted by molar-refractivity contribution is 5.29. The first-order valence-electron chi connectivity index (χ1n) is 10.7. The SMILES string of the molecule is CCC(CC)(CC)CC(Oc1ccc(C(C)CC(C)C)cc1)OC(C)C. The Morgan fingerprint density at radius 2 is 1.38 bits per heavy atom. The summed E-state index contributed by atoms with van der Waals surface area (Å²) >= 11 is 0. The molecule has 0 radical (unpaired) electrons. The summed E-state index contributed by atoms with van der Waals surface area (Å²) in [5.74, 6) is 2.21. The lowest BCUT2D eigenvalue weighted by atomic mass is 9.77. The van der Waals surface area contributed by atoms with Gasteiger partial charge in [-0.05, 0) is 55.2 Å². The Balaban J connectivity index is 2.84. The minimum Gasteiger partial charge on any atom is -0.465 e. The van der Waals surface area contributed by atoms with Crippen molar-refractivity contribution in [2.24, 2.45) is 11.3 Å². The van der Waals surface area contributed by atoms with E-state index in [0.717, 1.165) is 37.4 Å². The van der Waals surface area contributed by atoms with E-state index in [2.05, 4.69) is 79.7 Å². The summed E-state index contributed by atoms with van der Waals surface area (Å²) in [7, 11) is 0. The van der Waals surface area contributed by atoms with Crippen molar-refractivity contribution in [2.45, 2.75) is 106 Å². The second-order valence-corrected chi connectivity index (χ2v) is 8.60. The summed E-state index contributed by atoms with van der Waals surface area (Å²) in [6, 6.07) is 8.63. The fraction of sp³-hybridized carbons (Fsp3) is 0.750. The number of benzene rings is 1. The van der Waals surface area contributed by atoms with Crippen LogP contribution in [0.1, 0.15) is 99.0 Å². The van der Waals surface area contributed by atoms with Crippen molar-refractivity contribution < 1.29 is 9.47 Å². The third-order valence-electron chi connectivity index (χ3n) is 5.82. The molecule has 0 aliphatic carbocycles. The van der Waals surface area contributed by atoms with Gasteiger partial charge in [0.25, 0.3) is 0 Å². The zero-order chi connectivity index (χ0) is 19.7. The fourth-order valence-electron chi connectivity index (χ4n) is 3.83. The fourth-order valence-corrected chi connectivity index (χ4v) is 3.83. The average molecular weight is 363 g/mol. The summed E-state index contributed by atoms with van der Waals surface area (Å²) < 4.78 is 12.4. The molecule has 1 aromatic rings. The van der Waals surface area contributed by atoms with Crippen molar-refractivity contribution in [1.29, 1.82) is 0 Å². The van der Waals surface area contributed by atoms with Gasteiger partial charge in [-0.1, -0.05) is 72.9 Å². The molecule has 1 aromatic carbocycles. The Morgan fingerprint density at radius 3 is 1.81 bits per heavy atom. The predicted molar refractivity (Wildman–Crippen MR) is 113 cm³/mol.